The number of hydrogen-bond acceptors (Lipinski definition) is 5. The summed E-state index contributed by atoms with van der Waals surface area (Å²) in [7, 11) is 0. The highest BCUT2D eigenvalue weighted by Gasteiger charge is 2.23. The molecule has 26 heavy (non-hydrogen) atoms. The number of hydrogen-bond donors (Lipinski definition) is 1. The molecule has 1 aromatic carbocycles. The molecular formula is C19H27N5OS. The molecule has 1 aliphatic rings. The second kappa shape index (κ2) is 9.09. The summed E-state index contributed by atoms with van der Waals surface area (Å²) < 4.78 is 7.86. The highest BCUT2D eigenvalue weighted by Crippen LogP contribution is 2.27. The standard InChI is InChI=1S/C19H27N5OS/c1-3-11-23(12-4-2)16-9-7-15(8-10-16)14-20-24-18(21-22-19(24)26)17-6-5-13-25-17/h7-10,14,17H,3-6,11-13H2,1-2H3,(H,22,26)/b20-14-/t17-/m1/s1. The first-order valence-corrected chi connectivity index (χ1v) is 9.82. The maximum atomic E-state index is 5.70. The van der Waals surface area contributed by atoms with Gasteiger partial charge in [0, 0.05) is 25.4 Å². The predicted octanol–water partition coefficient (Wildman–Crippen LogP) is 4.30. The van der Waals surface area contributed by atoms with E-state index in [2.05, 4.69) is 58.3 Å². The number of anilines is 1. The molecule has 2 aromatic rings. The molecule has 0 amide bonds. The van der Waals surface area contributed by atoms with E-state index in [0.717, 1.165) is 56.8 Å². The van der Waals surface area contributed by atoms with Crippen LogP contribution in [-0.4, -0.2) is 40.8 Å². The molecule has 0 unspecified atom stereocenters. The maximum Gasteiger partial charge on any atom is 0.216 e. The number of ether oxygens (including phenoxy) is 1. The zero-order valence-corrected chi connectivity index (χ0v) is 16.3. The van der Waals surface area contributed by atoms with E-state index < -0.39 is 0 Å². The maximum absolute atomic E-state index is 5.70. The molecule has 3 rings (SSSR count). The summed E-state index contributed by atoms with van der Waals surface area (Å²) in [6, 6.07) is 8.49. The Morgan fingerprint density at radius 1 is 1.31 bits per heavy atom. The second-order valence-electron chi connectivity index (χ2n) is 6.52. The third-order valence-corrected chi connectivity index (χ3v) is 4.72. The summed E-state index contributed by atoms with van der Waals surface area (Å²) in [4.78, 5) is 2.42. The summed E-state index contributed by atoms with van der Waals surface area (Å²) in [5.41, 5.74) is 2.29. The monoisotopic (exact) mass is 373 g/mol. The van der Waals surface area contributed by atoms with E-state index in [1.54, 1.807) is 4.68 Å². The van der Waals surface area contributed by atoms with Crippen LogP contribution in [0.1, 0.15) is 57.0 Å². The Kier molecular flexibility index (Phi) is 6.57. The van der Waals surface area contributed by atoms with Crippen LogP contribution in [0.5, 0.6) is 0 Å². The minimum absolute atomic E-state index is 0.0286. The van der Waals surface area contributed by atoms with Crippen LogP contribution in [0.25, 0.3) is 0 Å². The lowest BCUT2D eigenvalue weighted by atomic mass is 10.2. The van der Waals surface area contributed by atoms with Gasteiger partial charge >= 0.3 is 0 Å². The van der Waals surface area contributed by atoms with Crippen molar-refractivity contribution in [1.29, 1.82) is 0 Å². The van der Waals surface area contributed by atoms with Gasteiger partial charge in [-0.1, -0.05) is 26.0 Å². The van der Waals surface area contributed by atoms with Crippen LogP contribution < -0.4 is 4.90 Å². The lowest BCUT2D eigenvalue weighted by Gasteiger charge is -2.23. The van der Waals surface area contributed by atoms with Gasteiger partial charge in [-0.05, 0) is 55.6 Å². The number of aromatic nitrogens is 3. The Bertz CT molecular complexity index is 768. The summed E-state index contributed by atoms with van der Waals surface area (Å²) in [5.74, 6) is 0.748. The third kappa shape index (κ3) is 4.40. The van der Waals surface area contributed by atoms with Crippen LogP contribution in [0.4, 0.5) is 5.69 Å². The Labute approximate surface area is 159 Å². The minimum Gasteiger partial charge on any atom is -0.372 e. The largest absolute Gasteiger partial charge is 0.372 e. The highest BCUT2D eigenvalue weighted by atomic mass is 32.1. The Morgan fingerprint density at radius 3 is 2.65 bits per heavy atom. The fourth-order valence-corrected chi connectivity index (χ4v) is 3.40. The molecule has 140 valence electrons. The molecule has 7 heteroatoms. The second-order valence-corrected chi connectivity index (χ2v) is 6.91. The van der Waals surface area contributed by atoms with Gasteiger partial charge in [0.05, 0.1) is 6.21 Å². The first-order valence-electron chi connectivity index (χ1n) is 9.41. The van der Waals surface area contributed by atoms with Gasteiger partial charge < -0.3 is 9.64 Å². The molecule has 2 heterocycles. The van der Waals surface area contributed by atoms with Crippen LogP contribution in [-0.2, 0) is 4.74 Å². The SMILES string of the molecule is CCCN(CCC)c1ccc(/C=N\n2c([C@H]3CCCO3)n[nH]c2=S)cc1. The van der Waals surface area contributed by atoms with Gasteiger partial charge in [-0.2, -0.15) is 14.9 Å². The van der Waals surface area contributed by atoms with Crippen LogP contribution in [0.3, 0.4) is 0 Å². The molecule has 0 saturated carbocycles. The highest BCUT2D eigenvalue weighted by molar-refractivity contribution is 7.71. The third-order valence-electron chi connectivity index (χ3n) is 4.46. The molecule has 1 aliphatic heterocycles. The number of aromatic amines is 1. The van der Waals surface area contributed by atoms with Crippen LogP contribution >= 0.6 is 12.2 Å². The van der Waals surface area contributed by atoms with E-state index in [1.807, 2.05) is 6.21 Å². The lowest BCUT2D eigenvalue weighted by Crippen LogP contribution is -2.24. The molecule has 0 bridgehead atoms. The van der Waals surface area contributed by atoms with Gasteiger partial charge in [0.25, 0.3) is 0 Å². The van der Waals surface area contributed by atoms with Gasteiger partial charge in [0.1, 0.15) is 6.10 Å². The van der Waals surface area contributed by atoms with Crippen LogP contribution in [0.2, 0.25) is 0 Å². The molecule has 1 N–H and O–H groups in total. The normalized spacial score (nSPS) is 17.2. The summed E-state index contributed by atoms with van der Waals surface area (Å²) in [6.45, 7) is 7.35. The van der Waals surface area contributed by atoms with E-state index in [-0.39, 0.29) is 6.10 Å². The molecule has 1 fully saturated rings. The number of benzene rings is 1. The van der Waals surface area contributed by atoms with Crippen molar-refractivity contribution < 1.29 is 4.74 Å². The van der Waals surface area contributed by atoms with Gasteiger partial charge in [-0.3, -0.25) is 5.10 Å². The summed E-state index contributed by atoms with van der Waals surface area (Å²) >= 11 is 5.31. The average molecular weight is 374 g/mol. The van der Waals surface area contributed by atoms with Crippen molar-refractivity contribution in [2.75, 3.05) is 24.6 Å². The summed E-state index contributed by atoms with van der Waals surface area (Å²) in [6.07, 6.45) is 6.08. The van der Waals surface area contributed by atoms with E-state index >= 15 is 0 Å². The van der Waals surface area contributed by atoms with Crippen molar-refractivity contribution in [3.63, 3.8) is 0 Å². The van der Waals surface area contributed by atoms with E-state index in [1.165, 1.54) is 5.69 Å². The van der Waals surface area contributed by atoms with Gasteiger partial charge in [0.15, 0.2) is 5.82 Å². The zero-order chi connectivity index (χ0) is 18.4. The fourth-order valence-electron chi connectivity index (χ4n) is 3.21. The Morgan fingerprint density at radius 2 is 2.04 bits per heavy atom. The number of H-pyrrole nitrogens is 1. The molecule has 0 spiro atoms. The topological polar surface area (TPSA) is 58.4 Å². The Hall–Kier alpha value is -1.99. The van der Waals surface area contributed by atoms with E-state index in [4.69, 9.17) is 17.0 Å². The van der Waals surface area contributed by atoms with Crippen molar-refractivity contribution in [2.24, 2.45) is 5.10 Å². The van der Waals surface area contributed by atoms with Crippen molar-refractivity contribution in [1.82, 2.24) is 14.9 Å². The van der Waals surface area contributed by atoms with E-state index in [9.17, 15) is 0 Å². The van der Waals surface area contributed by atoms with Crippen LogP contribution in [0.15, 0.2) is 29.4 Å². The fraction of sp³-hybridized carbons (Fsp3) is 0.526. The van der Waals surface area contributed by atoms with Crippen molar-refractivity contribution >= 4 is 24.1 Å². The average Bonchev–Trinajstić information content (AvgIpc) is 3.30. The molecule has 0 radical (unpaired) electrons. The minimum atomic E-state index is -0.0286. The van der Waals surface area contributed by atoms with Gasteiger partial charge in [0.2, 0.25) is 4.77 Å². The Balaban J connectivity index is 1.75. The van der Waals surface area contributed by atoms with Crippen molar-refractivity contribution in [3.05, 3.63) is 40.4 Å². The van der Waals surface area contributed by atoms with Crippen molar-refractivity contribution in [2.45, 2.75) is 45.6 Å². The first kappa shape index (κ1) is 18.8. The molecule has 1 saturated heterocycles. The van der Waals surface area contributed by atoms with Gasteiger partial charge in [-0.25, -0.2) is 0 Å². The molecule has 0 aliphatic carbocycles. The number of rotatable bonds is 8. The van der Waals surface area contributed by atoms with Gasteiger partial charge in [-0.15, -0.1) is 0 Å². The molecule has 1 atom stereocenters. The molecular weight excluding hydrogens is 346 g/mol. The van der Waals surface area contributed by atoms with E-state index in [0.29, 0.717) is 4.77 Å². The quantitative estimate of drug-likeness (QED) is 0.554. The smallest absolute Gasteiger partial charge is 0.216 e. The predicted molar refractivity (Wildman–Crippen MR) is 108 cm³/mol. The molecule has 1 aromatic heterocycles. The number of nitrogens with one attached hydrogen (secondary N) is 1. The summed E-state index contributed by atoms with van der Waals surface area (Å²) in [5, 5.41) is 11.6. The zero-order valence-electron chi connectivity index (χ0n) is 15.5. The van der Waals surface area contributed by atoms with Crippen LogP contribution in [0, 0.1) is 4.77 Å². The molecule has 6 nitrogen and oxygen atoms in total. The number of nitrogens with zero attached hydrogens (tertiary/aromatic N) is 4. The van der Waals surface area contributed by atoms with Crippen molar-refractivity contribution in [3.8, 4) is 0 Å². The first-order chi connectivity index (χ1) is 12.7. The lowest BCUT2D eigenvalue weighted by molar-refractivity contribution is 0.102.